The molecule has 0 saturated carbocycles. The van der Waals surface area contributed by atoms with Crippen molar-refractivity contribution in [1.29, 1.82) is 0 Å². The van der Waals surface area contributed by atoms with Crippen LogP contribution in [-0.2, 0) is 9.59 Å². The van der Waals surface area contributed by atoms with Crippen LogP contribution in [0.15, 0.2) is 82.2 Å². The molecule has 0 radical (unpaired) electrons. The van der Waals surface area contributed by atoms with Gasteiger partial charge in [-0.2, -0.15) is 0 Å². The molecule has 0 saturated heterocycles. The highest BCUT2D eigenvalue weighted by atomic mass is 35.5. The zero-order chi connectivity index (χ0) is 23.5. The van der Waals surface area contributed by atoms with E-state index < -0.39 is 5.91 Å². The van der Waals surface area contributed by atoms with E-state index in [1.54, 1.807) is 36.4 Å². The molecule has 3 aromatic rings. The van der Waals surface area contributed by atoms with Crippen molar-refractivity contribution >= 4 is 46.6 Å². The number of amides is 2. The fourth-order valence-electron chi connectivity index (χ4n) is 3.62. The number of benzene rings is 3. The van der Waals surface area contributed by atoms with Gasteiger partial charge >= 0.3 is 0 Å². The molecule has 0 spiro atoms. The minimum Gasteiger partial charge on any atom is -0.494 e. The number of thioether (sulfide) groups is 1. The van der Waals surface area contributed by atoms with Crippen molar-refractivity contribution < 1.29 is 14.3 Å². The quantitative estimate of drug-likeness (QED) is 0.401. The van der Waals surface area contributed by atoms with E-state index in [2.05, 4.69) is 11.4 Å². The number of aryl methyl sites for hydroxylation is 2. The summed E-state index contributed by atoms with van der Waals surface area (Å²) >= 11 is 7.25. The number of anilines is 2. The Labute approximate surface area is 202 Å². The van der Waals surface area contributed by atoms with E-state index in [1.165, 1.54) is 16.7 Å². The molecule has 0 aromatic heterocycles. The van der Waals surface area contributed by atoms with E-state index in [9.17, 15) is 9.59 Å². The van der Waals surface area contributed by atoms with Crippen molar-refractivity contribution in [1.82, 2.24) is 0 Å². The molecule has 3 aromatic carbocycles. The highest BCUT2D eigenvalue weighted by Gasteiger charge is 2.40. The van der Waals surface area contributed by atoms with Gasteiger partial charge in [-0.3, -0.25) is 9.59 Å². The van der Waals surface area contributed by atoms with E-state index in [4.69, 9.17) is 16.3 Å². The van der Waals surface area contributed by atoms with E-state index >= 15 is 0 Å². The maximum absolute atomic E-state index is 13.5. The SMILES string of the molecule is CCOc1ccc(N2C(=O)C(Nc3cc(C)cc(C)c3)=C(Sc3ccc(Cl)cc3)C2=O)cc1. The van der Waals surface area contributed by atoms with Gasteiger partial charge < -0.3 is 10.1 Å². The van der Waals surface area contributed by atoms with E-state index in [1.807, 2.05) is 45.0 Å². The van der Waals surface area contributed by atoms with Crippen LogP contribution in [0.25, 0.3) is 0 Å². The Morgan fingerprint density at radius 2 is 1.55 bits per heavy atom. The van der Waals surface area contributed by atoms with Gasteiger partial charge in [0.15, 0.2) is 0 Å². The molecule has 33 heavy (non-hydrogen) atoms. The molecule has 7 heteroatoms. The Balaban J connectivity index is 1.72. The van der Waals surface area contributed by atoms with Gasteiger partial charge in [-0.25, -0.2) is 4.90 Å². The average Bonchev–Trinajstić information content (AvgIpc) is 2.99. The first-order valence-electron chi connectivity index (χ1n) is 10.5. The summed E-state index contributed by atoms with van der Waals surface area (Å²) in [5.41, 5.74) is 3.61. The Bertz CT molecular complexity index is 1220. The molecule has 0 bridgehead atoms. The Hall–Kier alpha value is -3.22. The lowest BCUT2D eigenvalue weighted by atomic mass is 10.1. The van der Waals surface area contributed by atoms with Gasteiger partial charge in [0.25, 0.3) is 11.8 Å². The number of rotatable bonds is 7. The summed E-state index contributed by atoms with van der Waals surface area (Å²) in [6.45, 7) is 6.42. The van der Waals surface area contributed by atoms with E-state index in [0.29, 0.717) is 28.0 Å². The molecule has 1 aliphatic rings. The highest BCUT2D eigenvalue weighted by Crippen LogP contribution is 2.38. The van der Waals surface area contributed by atoms with Crippen molar-refractivity contribution in [2.24, 2.45) is 0 Å². The number of carbonyl (C=O) groups excluding carboxylic acids is 2. The molecular formula is C26H23ClN2O3S. The summed E-state index contributed by atoms with van der Waals surface area (Å²) in [6, 6.07) is 20.0. The highest BCUT2D eigenvalue weighted by molar-refractivity contribution is 8.04. The number of hydrogen-bond donors (Lipinski definition) is 1. The van der Waals surface area contributed by atoms with Crippen molar-refractivity contribution in [3.05, 3.63) is 93.5 Å². The fourth-order valence-corrected chi connectivity index (χ4v) is 4.67. The molecule has 0 fully saturated rings. The predicted octanol–water partition coefficient (Wildman–Crippen LogP) is 6.34. The van der Waals surface area contributed by atoms with Gasteiger partial charge in [-0.05, 0) is 92.6 Å². The first-order chi connectivity index (χ1) is 15.9. The van der Waals surface area contributed by atoms with Gasteiger partial charge in [0, 0.05) is 15.6 Å². The lowest BCUT2D eigenvalue weighted by molar-refractivity contribution is -0.120. The molecule has 5 nitrogen and oxygen atoms in total. The van der Waals surface area contributed by atoms with Gasteiger partial charge in [-0.15, -0.1) is 0 Å². The number of hydrogen-bond acceptors (Lipinski definition) is 5. The molecule has 1 N–H and O–H groups in total. The average molecular weight is 479 g/mol. The molecule has 2 amide bonds. The number of ether oxygens (including phenoxy) is 1. The molecule has 0 aliphatic carbocycles. The number of nitrogens with one attached hydrogen (secondary N) is 1. The maximum atomic E-state index is 13.5. The molecular weight excluding hydrogens is 456 g/mol. The van der Waals surface area contributed by atoms with Crippen molar-refractivity contribution in [2.75, 3.05) is 16.8 Å². The van der Waals surface area contributed by atoms with Gasteiger partial charge in [0.05, 0.1) is 12.3 Å². The van der Waals surface area contributed by atoms with Crippen molar-refractivity contribution in [3.63, 3.8) is 0 Å². The van der Waals surface area contributed by atoms with Crippen LogP contribution in [0, 0.1) is 13.8 Å². The lowest BCUT2D eigenvalue weighted by Gasteiger charge is -2.16. The van der Waals surface area contributed by atoms with Crippen LogP contribution in [0.4, 0.5) is 11.4 Å². The van der Waals surface area contributed by atoms with Crippen LogP contribution >= 0.6 is 23.4 Å². The summed E-state index contributed by atoms with van der Waals surface area (Å²) in [5.74, 6) is -0.103. The van der Waals surface area contributed by atoms with Crippen LogP contribution in [-0.4, -0.2) is 18.4 Å². The predicted molar refractivity (Wildman–Crippen MR) is 134 cm³/mol. The van der Waals surface area contributed by atoms with Crippen LogP contribution in [0.3, 0.4) is 0 Å². The third-order valence-corrected chi connectivity index (χ3v) is 6.31. The van der Waals surface area contributed by atoms with Crippen molar-refractivity contribution in [2.45, 2.75) is 25.7 Å². The number of imide groups is 1. The van der Waals surface area contributed by atoms with Crippen molar-refractivity contribution in [3.8, 4) is 5.75 Å². The molecule has 4 rings (SSSR count). The van der Waals surface area contributed by atoms with Crippen LogP contribution in [0.5, 0.6) is 5.75 Å². The smallest absolute Gasteiger partial charge is 0.283 e. The monoisotopic (exact) mass is 478 g/mol. The summed E-state index contributed by atoms with van der Waals surface area (Å²) in [5, 5.41) is 3.82. The van der Waals surface area contributed by atoms with E-state index in [0.717, 1.165) is 21.7 Å². The summed E-state index contributed by atoms with van der Waals surface area (Å²) < 4.78 is 5.48. The second-order valence-corrected chi connectivity index (χ2v) is 9.15. The van der Waals surface area contributed by atoms with Gasteiger partial charge in [0.1, 0.15) is 16.4 Å². The topological polar surface area (TPSA) is 58.6 Å². The Morgan fingerprint density at radius 3 is 2.15 bits per heavy atom. The third kappa shape index (κ3) is 5.07. The molecule has 0 unspecified atom stereocenters. The summed E-state index contributed by atoms with van der Waals surface area (Å²) in [7, 11) is 0. The second kappa shape index (κ2) is 9.73. The summed E-state index contributed by atoms with van der Waals surface area (Å²) in [6.07, 6.45) is 0. The van der Waals surface area contributed by atoms with Crippen LogP contribution in [0.1, 0.15) is 18.1 Å². The normalized spacial score (nSPS) is 13.6. The maximum Gasteiger partial charge on any atom is 0.283 e. The summed E-state index contributed by atoms with van der Waals surface area (Å²) in [4.78, 5) is 29.3. The van der Waals surface area contributed by atoms with E-state index in [-0.39, 0.29) is 11.6 Å². The number of carbonyl (C=O) groups is 2. The second-order valence-electron chi connectivity index (χ2n) is 7.63. The first-order valence-corrected chi connectivity index (χ1v) is 11.7. The fraction of sp³-hybridized carbons (Fsp3) is 0.154. The Kier molecular flexibility index (Phi) is 6.77. The molecule has 1 heterocycles. The lowest BCUT2D eigenvalue weighted by Crippen LogP contribution is -2.32. The van der Waals surface area contributed by atoms with Gasteiger partial charge in [0.2, 0.25) is 0 Å². The Morgan fingerprint density at radius 1 is 0.909 bits per heavy atom. The minimum atomic E-state index is -0.403. The molecule has 1 aliphatic heterocycles. The van der Waals surface area contributed by atoms with Gasteiger partial charge in [-0.1, -0.05) is 29.4 Å². The standard InChI is InChI=1S/C26H23ClN2O3S/c1-4-32-21-9-7-20(8-10-21)29-25(30)23(28-19-14-16(2)13-17(3)15-19)24(26(29)31)33-22-11-5-18(27)6-12-22/h5-15,28H,4H2,1-3H3. The molecule has 168 valence electrons. The first kappa shape index (κ1) is 23.0. The largest absolute Gasteiger partial charge is 0.494 e. The van der Waals surface area contributed by atoms with Crippen LogP contribution in [0.2, 0.25) is 5.02 Å². The van der Waals surface area contributed by atoms with Crippen LogP contribution < -0.4 is 15.0 Å². The zero-order valence-electron chi connectivity index (χ0n) is 18.5. The zero-order valence-corrected chi connectivity index (χ0v) is 20.1. The molecule has 0 atom stereocenters. The third-order valence-electron chi connectivity index (χ3n) is 4.97. The minimum absolute atomic E-state index is 0.249. The number of nitrogens with zero attached hydrogens (tertiary/aromatic N) is 1. The number of halogens is 1.